The van der Waals surface area contributed by atoms with Crippen LogP contribution in [0.15, 0.2) is 60.7 Å². The number of aliphatic hydroxyl groups is 1. The van der Waals surface area contributed by atoms with Gasteiger partial charge >= 0.3 is 0 Å². The Morgan fingerprint density at radius 1 is 1.15 bits per heavy atom. The van der Waals surface area contributed by atoms with E-state index >= 15 is 0 Å². The molecule has 3 N–H and O–H groups in total. The van der Waals surface area contributed by atoms with Crippen LogP contribution in [-0.2, 0) is 20.7 Å². The van der Waals surface area contributed by atoms with Gasteiger partial charge in [0.1, 0.15) is 6.04 Å². The van der Waals surface area contributed by atoms with E-state index in [1.165, 1.54) is 16.7 Å². The number of ether oxygens (including phenoxy) is 1. The lowest BCUT2D eigenvalue weighted by atomic mass is 9.98. The zero-order valence-electron chi connectivity index (χ0n) is 25.0. The van der Waals surface area contributed by atoms with Crippen LogP contribution in [0.2, 0.25) is 0 Å². The van der Waals surface area contributed by atoms with Crippen molar-refractivity contribution in [1.82, 2.24) is 15.5 Å². The molecule has 6 atom stereocenters. The first kappa shape index (κ1) is 30.9. The number of unbranched alkanes of at least 4 members (excludes halogenated alkanes) is 1. The maximum Gasteiger partial charge on any atom is 0.243 e. The fourth-order valence-corrected chi connectivity index (χ4v) is 5.98. The predicted octanol–water partition coefficient (Wildman–Crippen LogP) is 4.79. The fraction of sp³-hybridized carbons (Fsp3) is 0.529. The van der Waals surface area contributed by atoms with Crippen LogP contribution < -0.4 is 10.6 Å². The van der Waals surface area contributed by atoms with Crippen molar-refractivity contribution in [2.45, 2.75) is 89.6 Å². The summed E-state index contributed by atoms with van der Waals surface area (Å²) in [4.78, 5) is 28.7. The first-order valence-corrected chi connectivity index (χ1v) is 15.2. The van der Waals surface area contributed by atoms with E-state index in [1.807, 2.05) is 49.4 Å². The summed E-state index contributed by atoms with van der Waals surface area (Å²) in [6.07, 6.45) is 7.42. The van der Waals surface area contributed by atoms with Gasteiger partial charge in [0.25, 0.3) is 0 Å². The molecule has 7 heteroatoms. The van der Waals surface area contributed by atoms with Crippen LogP contribution in [0.25, 0.3) is 0 Å². The Balaban J connectivity index is 1.61. The van der Waals surface area contributed by atoms with E-state index in [9.17, 15) is 14.7 Å². The average molecular weight is 562 g/mol. The molecule has 2 aromatic rings. The minimum absolute atomic E-state index is 0.0350. The van der Waals surface area contributed by atoms with E-state index in [-0.39, 0.29) is 29.9 Å². The third-order valence-corrected chi connectivity index (χ3v) is 8.53. The number of nitrogens with zero attached hydrogens (tertiary/aromatic N) is 1. The van der Waals surface area contributed by atoms with Crippen molar-refractivity contribution in [1.29, 1.82) is 0 Å². The molecule has 0 spiro atoms. The van der Waals surface area contributed by atoms with Gasteiger partial charge in [0, 0.05) is 25.6 Å². The van der Waals surface area contributed by atoms with Gasteiger partial charge in [-0.05, 0) is 49.3 Å². The van der Waals surface area contributed by atoms with Crippen molar-refractivity contribution < 1.29 is 19.4 Å². The number of β-amino-alcohol motifs (C(OH)–C–C–N with tert-alkyl or cyclic N) is 1. The van der Waals surface area contributed by atoms with E-state index in [0.717, 1.165) is 31.2 Å². The van der Waals surface area contributed by atoms with E-state index in [0.29, 0.717) is 26.0 Å². The third-order valence-electron chi connectivity index (χ3n) is 8.53. The van der Waals surface area contributed by atoms with Gasteiger partial charge in [-0.3, -0.25) is 9.59 Å². The van der Waals surface area contributed by atoms with Gasteiger partial charge in [0.2, 0.25) is 11.8 Å². The van der Waals surface area contributed by atoms with Crippen LogP contribution in [0.1, 0.15) is 80.4 Å². The Labute approximate surface area is 245 Å². The first-order chi connectivity index (χ1) is 19.8. The number of aliphatic hydroxyl groups excluding tert-OH is 1. The fourth-order valence-electron chi connectivity index (χ4n) is 5.98. The first-order valence-electron chi connectivity index (χ1n) is 15.2. The number of aryl methyl sites for hydroxylation is 1. The highest BCUT2D eigenvalue weighted by atomic mass is 16.5. The molecule has 0 fully saturated rings. The smallest absolute Gasteiger partial charge is 0.243 e. The molecule has 0 saturated carbocycles. The molecular formula is C34H47N3O4. The maximum atomic E-state index is 13.8. The van der Waals surface area contributed by atoms with Crippen LogP contribution in [0.5, 0.6) is 0 Å². The molecule has 2 bridgehead atoms. The molecule has 222 valence electrons. The topological polar surface area (TPSA) is 90.9 Å². The standard InChI is InChI=1S/C34H47N3O4/c1-5-6-12-24(3)34(40)37(4)30-15-10-11-18-41-32-21-28(27-19-23(2)16-17-26(27)32)35-22-31(38)29(36-33(30)39)20-25-13-8-7-9-14-25/h7-11,13-14,16-17,19,24,28-32,35,38H,5-6,12,15,18,20-22H2,1-4H3,(H,36,39)/b11-10-/t24-,28+,29-,30-,31+,32-/m0/s1. The molecule has 1 aliphatic carbocycles. The number of carbonyl (C=O) groups excluding carboxylic acids is 2. The lowest BCUT2D eigenvalue weighted by Gasteiger charge is -2.32. The van der Waals surface area contributed by atoms with E-state index in [4.69, 9.17) is 4.74 Å². The highest BCUT2D eigenvalue weighted by Crippen LogP contribution is 2.41. The highest BCUT2D eigenvalue weighted by Gasteiger charge is 2.34. The minimum Gasteiger partial charge on any atom is -0.390 e. The summed E-state index contributed by atoms with van der Waals surface area (Å²) in [5.74, 6) is -0.454. The normalized spacial score (nSPS) is 26.7. The van der Waals surface area contributed by atoms with Crippen molar-refractivity contribution in [2.75, 3.05) is 20.2 Å². The zero-order chi connectivity index (χ0) is 29.4. The van der Waals surface area contributed by atoms with Crippen LogP contribution in [0.4, 0.5) is 0 Å². The summed E-state index contributed by atoms with van der Waals surface area (Å²) in [7, 11) is 1.72. The van der Waals surface area contributed by atoms with Gasteiger partial charge < -0.3 is 25.4 Å². The zero-order valence-corrected chi connectivity index (χ0v) is 25.0. The second-order valence-electron chi connectivity index (χ2n) is 11.7. The molecule has 2 aliphatic rings. The van der Waals surface area contributed by atoms with E-state index in [2.05, 4.69) is 42.7 Å². The summed E-state index contributed by atoms with van der Waals surface area (Å²) in [6.45, 7) is 6.87. The Morgan fingerprint density at radius 3 is 2.68 bits per heavy atom. The van der Waals surface area contributed by atoms with Gasteiger partial charge in [-0.2, -0.15) is 0 Å². The van der Waals surface area contributed by atoms with E-state index in [1.54, 1.807) is 11.9 Å². The second kappa shape index (κ2) is 14.8. The molecule has 41 heavy (non-hydrogen) atoms. The highest BCUT2D eigenvalue weighted by molar-refractivity contribution is 5.88. The number of carbonyl (C=O) groups is 2. The van der Waals surface area contributed by atoms with Crippen LogP contribution in [-0.4, -0.2) is 60.2 Å². The molecule has 4 rings (SSSR count). The minimum atomic E-state index is -0.835. The Bertz CT molecular complexity index is 1180. The van der Waals surface area contributed by atoms with Crippen LogP contribution in [0.3, 0.4) is 0 Å². The number of rotatable bonds is 7. The number of fused-ring (bicyclic) bond motifs is 5. The monoisotopic (exact) mass is 561 g/mol. The molecule has 1 heterocycles. The Morgan fingerprint density at radius 2 is 1.93 bits per heavy atom. The van der Waals surface area contributed by atoms with Gasteiger partial charge in [0.05, 0.1) is 24.9 Å². The number of hydrogen-bond acceptors (Lipinski definition) is 5. The lowest BCUT2D eigenvalue weighted by Crippen LogP contribution is -2.55. The summed E-state index contributed by atoms with van der Waals surface area (Å²) < 4.78 is 6.28. The quantitative estimate of drug-likeness (QED) is 0.423. The van der Waals surface area contributed by atoms with Crippen LogP contribution in [0, 0.1) is 12.8 Å². The third kappa shape index (κ3) is 8.06. The largest absolute Gasteiger partial charge is 0.390 e. The van der Waals surface area contributed by atoms with Gasteiger partial charge in [0.15, 0.2) is 0 Å². The average Bonchev–Trinajstić information content (AvgIpc) is 3.31. The number of amides is 2. The maximum absolute atomic E-state index is 13.8. The lowest BCUT2D eigenvalue weighted by molar-refractivity contribution is -0.142. The summed E-state index contributed by atoms with van der Waals surface area (Å²) in [6, 6.07) is 15.2. The van der Waals surface area contributed by atoms with Gasteiger partial charge in [-0.15, -0.1) is 0 Å². The SMILES string of the molecule is CCCC[C@H](C)C(=O)N(C)[C@H]1C/C=C\CO[C@H]2C[C@@H](NC[C@@H](O)[C@H](Cc3ccccc3)NC1=O)c1cc(C)ccc12. The van der Waals surface area contributed by atoms with Crippen molar-refractivity contribution in [2.24, 2.45) is 5.92 Å². The van der Waals surface area contributed by atoms with Crippen molar-refractivity contribution in [3.63, 3.8) is 0 Å². The van der Waals surface area contributed by atoms with Gasteiger partial charge in [-0.25, -0.2) is 0 Å². The molecule has 0 aromatic heterocycles. The second-order valence-corrected chi connectivity index (χ2v) is 11.7. The number of hydrogen-bond donors (Lipinski definition) is 3. The predicted molar refractivity (Wildman–Crippen MR) is 162 cm³/mol. The number of benzene rings is 2. The Hall–Kier alpha value is -3.00. The Kier molecular flexibility index (Phi) is 11.1. The molecule has 0 unspecified atom stereocenters. The molecule has 0 saturated heterocycles. The summed E-state index contributed by atoms with van der Waals surface area (Å²) in [5.41, 5.74) is 4.61. The number of nitrogens with one attached hydrogen (secondary N) is 2. The number of likely N-dealkylation sites (N-methyl/N-ethyl adjacent to an activating group) is 1. The molecule has 7 nitrogen and oxygen atoms in total. The molecule has 2 aromatic carbocycles. The molecule has 0 radical (unpaired) electrons. The summed E-state index contributed by atoms with van der Waals surface area (Å²) in [5, 5.41) is 18.2. The summed E-state index contributed by atoms with van der Waals surface area (Å²) >= 11 is 0. The van der Waals surface area contributed by atoms with Crippen LogP contribution >= 0.6 is 0 Å². The van der Waals surface area contributed by atoms with Gasteiger partial charge in [-0.1, -0.05) is 92.9 Å². The van der Waals surface area contributed by atoms with Crippen molar-refractivity contribution in [3.8, 4) is 0 Å². The molecule has 2 amide bonds. The van der Waals surface area contributed by atoms with E-state index < -0.39 is 18.2 Å². The van der Waals surface area contributed by atoms with Crippen molar-refractivity contribution in [3.05, 3.63) is 82.9 Å². The molecule has 1 aliphatic heterocycles. The molecular weight excluding hydrogens is 514 g/mol. The van der Waals surface area contributed by atoms with Crippen molar-refractivity contribution >= 4 is 11.8 Å².